The monoisotopic (exact) mass is 335 g/mol. The Balaban J connectivity index is 1.50. The van der Waals surface area contributed by atoms with Gasteiger partial charge in [0.05, 0.1) is 6.54 Å². The summed E-state index contributed by atoms with van der Waals surface area (Å²) in [6.45, 7) is 2.70. The number of piperidine rings is 1. The van der Waals surface area contributed by atoms with Crippen LogP contribution >= 0.6 is 0 Å². The number of benzene rings is 1. The molecule has 1 atom stereocenters. The second kappa shape index (κ2) is 7.90. The van der Waals surface area contributed by atoms with Crippen LogP contribution in [0.2, 0.25) is 0 Å². The van der Waals surface area contributed by atoms with Gasteiger partial charge in [-0.2, -0.15) is 0 Å². The largest absolute Gasteiger partial charge is 0.462 e. The van der Waals surface area contributed by atoms with Crippen molar-refractivity contribution in [1.29, 1.82) is 0 Å². The highest BCUT2D eigenvalue weighted by molar-refractivity contribution is 5.18. The fourth-order valence-electron chi connectivity index (χ4n) is 3.41. The minimum Gasteiger partial charge on any atom is -0.462 e. The van der Waals surface area contributed by atoms with Crippen LogP contribution in [0.4, 0.5) is 8.78 Å². The minimum absolute atomic E-state index is 0.0726. The molecule has 1 unspecified atom stereocenters. The third-order valence-corrected chi connectivity index (χ3v) is 4.68. The van der Waals surface area contributed by atoms with Crippen LogP contribution in [0.5, 0.6) is 0 Å². The normalized spacial score (nSPS) is 18.9. The number of rotatable bonds is 6. The Hall–Kier alpha value is -1.72. The summed E-state index contributed by atoms with van der Waals surface area (Å²) in [5.41, 5.74) is 0.852. The summed E-state index contributed by atoms with van der Waals surface area (Å²) < 4.78 is 31.8. The average Bonchev–Trinajstić information content (AvgIpc) is 3.04. The number of nitrogens with zero attached hydrogens (tertiary/aromatic N) is 1. The summed E-state index contributed by atoms with van der Waals surface area (Å²) in [4.78, 5) is 2.36. The molecule has 0 bridgehead atoms. The van der Waals surface area contributed by atoms with Gasteiger partial charge in [0.25, 0.3) is 0 Å². The van der Waals surface area contributed by atoms with Crippen molar-refractivity contribution in [3.8, 4) is 0 Å². The minimum atomic E-state index is -0.789. The van der Waals surface area contributed by atoms with Crippen molar-refractivity contribution in [2.24, 2.45) is 5.92 Å². The van der Waals surface area contributed by atoms with E-state index < -0.39 is 11.6 Å². The van der Waals surface area contributed by atoms with Gasteiger partial charge in [-0.3, -0.25) is 4.90 Å². The van der Waals surface area contributed by atoms with Crippen molar-refractivity contribution in [2.45, 2.75) is 38.8 Å². The Labute approximate surface area is 140 Å². The van der Waals surface area contributed by atoms with E-state index in [0.717, 1.165) is 50.2 Å². The summed E-state index contributed by atoms with van der Waals surface area (Å²) in [6.07, 6.45) is 4.04. The third-order valence-electron chi connectivity index (χ3n) is 4.68. The van der Waals surface area contributed by atoms with Gasteiger partial charge in [0, 0.05) is 6.54 Å². The van der Waals surface area contributed by atoms with Crippen LogP contribution in [0.25, 0.3) is 0 Å². The van der Waals surface area contributed by atoms with Crippen LogP contribution in [0, 0.1) is 17.6 Å². The molecule has 3 rings (SSSR count). The van der Waals surface area contributed by atoms with Gasteiger partial charge in [-0.25, -0.2) is 8.78 Å². The van der Waals surface area contributed by atoms with Gasteiger partial charge >= 0.3 is 0 Å². The first-order chi connectivity index (χ1) is 11.6. The van der Waals surface area contributed by atoms with Crippen molar-refractivity contribution in [1.82, 2.24) is 4.90 Å². The predicted octanol–water partition coefficient (Wildman–Crippen LogP) is 3.89. The molecule has 0 radical (unpaired) electrons. The maximum atomic E-state index is 13.3. The second-order valence-electron chi connectivity index (χ2n) is 6.56. The quantitative estimate of drug-likeness (QED) is 0.870. The molecule has 1 saturated heterocycles. The fraction of sp³-hybridized carbons (Fsp3) is 0.474. The lowest BCUT2D eigenvalue weighted by atomic mass is 9.91. The third kappa shape index (κ3) is 4.42. The van der Waals surface area contributed by atoms with Crippen molar-refractivity contribution in [3.05, 3.63) is 59.1 Å². The van der Waals surface area contributed by atoms with Gasteiger partial charge in [0.15, 0.2) is 11.6 Å². The van der Waals surface area contributed by atoms with E-state index in [0.29, 0.717) is 11.7 Å². The second-order valence-corrected chi connectivity index (χ2v) is 6.56. The van der Waals surface area contributed by atoms with Gasteiger partial charge in [-0.1, -0.05) is 6.07 Å². The molecule has 3 nitrogen and oxygen atoms in total. The molecule has 2 aromatic rings. The van der Waals surface area contributed by atoms with E-state index in [1.54, 1.807) is 12.1 Å². The average molecular weight is 335 g/mol. The summed E-state index contributed by atoms with van der Waals surface area (Å²) in [5, 5.41) is 9.06. The molecule has 24 heavy (non-hydrogen) atoms. The number of aliphatic hydroxyl groups excluding tert-OH is 1. The zero-order valence-electron chi connectivity index (χ0n) is 13.7. The van der Waals surface area contributed by atoms with Crippen molar-refractivity contribution in [2.75, 3.05) is 13.1 Å². The van der Waals surface area contributed by atoms with Crippen molar-refractivity contribution < 1.29 is 18.3 Å². The number of aliphatic hydroxyl groups is 1. The van der Waals surface area contributed by atoms with Crippen molar-refractivity contribution in [3.63, 3.8) is 0 Å². The van der Waals surface area contributed by atoms with E-state index in [4.69, 9.17) is 9.52 Å². The molecule has 0 amide bonds. The van der Waals surface area contributed by atoms with Gasteiger partial charge in [-0.05, 0) is 68.0 Å². The first kappa shape index (κ1) is 17.1. The summed E-state index contributed by atoms with van der Waals surface area (Å²) in [5.74, 6) is 0.468. The Morgan fingerprint density at radius 3 is 2.71 bits per heavy atom. The van der Waals surface area contributed by atoms with E-state index in [9.17, 15) is 8.78 Å². The fourth-order valence-corrected chi connectivity index (χ4v) is 3.41. The molecule has 1 aliphatic heterocycles. The highest BCUT2D eigenvalue weighted by atomic mass is 19.2. The molecule has 1 N–H and O–H groups in total. The van der Waals surface area contributed by atoms with E-state index in [1.807, 2.05) is 6.07 Å². The smallest absolute Gasteiger partial charge is 0.159 e. The first-order valence-electron chi connectivity index (χ1n) is 8.49. The Bertz CT molecular complexity index is 671. The molecule has 1 aromatic carbocycles. The van der Waals surface area contributed by atoms with Gasteiger partial charge in [0.2, 0.25) is 0 Å². The number of hydrogen-bond donors (Lipinski definition) is 1. The molecule has 0 aliphatic carbocycles. The van der Waals surface area contributed by atoms with E-state index in [-0.39, 0.29) is 6.61 Å². The van der Waals surface area contributed by atoms with Crippen LogP contribution in [-0.2, 0) is 19.6 Å². The molecule has 1 fully saturated rings. The Kier molecular flexibility index (Phi) is 5.63. The van der Waals surface area contributed by atoms with Gasteiger partial charge in [0.1, 0.15) is 18.1 Å². The lowest BCUT2D eigenvalue weighted by Gasteiger charge is -2.32. The van der Waals surface area contributed by atoms with Crippen molar-refractivity contribution >= 4 is 0 Å². The summed E-state index contributed by atoms with van der Waals surface area (Å²) in [6, 6.07) is 7.89. The van der Waals surface area contributed by atoms with Crippen LogP contribution in [0.1, 0.15) is 36.3 Å². The number of aryl methyl sites for hydroxylation is 1. The summed E-state index contributed by atoms with van der Waals surface area (Å²) in [7, 11) is 0. The van der Waals surface area contributed by atoms with Crippen LogP contribution < -0.4 is 0 Å². The molecular formula is C19H23F2NO2. The Morgan fingerprint density at radius 1 is 1.12 bits per heavy atom. The molecular weight excluding hydrogens is 312 g/mol. The Morgan fingerprint density at radius 2 is 1.96 bits per heavy atom. The topological polar surface area (TPSA) is 36.6 Å². The highest BCUT2D eigenvalue weighted by Crippen LogP contribution is 2.24. The lowest BCUT2D eigenvalue weighted by Crippen LogP contribution is -2.35. The summed E-state index contributed by atoms with van der Waals surface area (Å²) >= 11 is 0. The first-order valence-corrected chi connectivity index (χ1v) is 8.49. The maximum Gasteiger partial charge on any atom is 0.159 e. The molecule has 130 valence electrons. The lowest BCUT2D eigenvalue weighted by molar-refractivity contribution is 0.149. The molecule has 0 spiro atoms. The SMILES string of the molecule is OCc1ccc(CN2CCCC(CCc3ccc(F)c(F)c3)C2)o1. The number of halogens is 2. The van der Waals surface area contributed by atoms with E-state index in [1.165, 1.54) is 18.6 Å². The zero-order chi connectivity index (χ0) is 16.9. The van der Waals surface area contributed by atoms with Crippen LogP contribution in [-0.4, -0.2) is 23.1 Å². The molecule has 1 aromatic heterocycles. The van der Waals surface area contributed by atoms with Crippen LogP contribution in [0.15, 0.2) is 34.7 Å². The molecule has 1 aliphatic rings. The van der Waals surface area contributed by atoms with Gasteiger partial charge < -0.3 is 9.52 Å². The maximum absolute atomic E-state index is 13.3. The number of furan rings is 1. The molecule has 5 heteroatoms. The van der Waals surface area contributed by atoms with Gasteiger partial charge in [-0.15, -0.1) is 0 Å². The molecule has 0 saturated carbocycles. The number of hydrogen-bond acceptors (Lipinski definition) is 3. The standard InChI is InChI=1S/C19H23F2NO2/c20-18-8-5-14(10-19(18)21)3-4-15-2-1-9-22(11-15)12-16-6-7-17(13-23)24-16/h5-8,10,15,23H,1-4,9,11-13H2. The van der Waals surface area contributed by atoms with E-state index in [2.05, 4.69) is 4.90 Å². The van der Waals surface area contributed by atoms with E-state index >= 15 is 0 Å². The molecule has 2 heterocycles. The zero-order valence-corrected chi connectivity index (χ0v) is 13.7. The predicted molar refractivity (Wildman–Crippen MR) is 87.3 cm³/mol. The van der Waals surface area contributed by atoms with Crippen LogP contribution in [0.3, 0.4) is 0 Å². The highest BCUT2D eigenvalue weighted by Gasteiger charge is 2.21. The number of likely N-dealkylation sites (tertiary alicyclic amines) is 1.